The summed E-state index contributed by atoms with van der Waals surface area (Å²) in [6.45, 7) is 0. The van der Waals surface area contributed by atoms with Gasteiger partial charge in [0.05, 0.1) is 11.4 Å². The lowest BCUT2D eigenvalue weighted by Crippen LogP contribution is -2.32. The minimum absolute atomic E-state index is 0.0149. The number of aromatic hydroxyl groups is 2. The molecule has 4 aromatic rings. The molecule has 154 valence electrons. The minimum atomic E-state index is -0.808. The molecule has 1 heterocycles. The van der Waals surface area contributed by atoms with Gasteiger partial charge in [-0.05, 0) is 60.7 Å². The Hall–Kier alpha value is -4.17. The molecule has 0 aliphatic carbocycles. The summed E-state index contributed by atoms with van der Waals surface area (Å²) in [4.78, 5) is 26.3. The van der Waals surface area contributed by atoms with Crippen LogP contribution in [0.15, 0.2) is 89.7 Å². The van der Waals surface area contributed by atoms with E-state index < -0.39 is 22.9 Å². The van der Waals surface area contributed by atoms with Crippen molar-refractivity contribution in [3.63, 3.8) is 0 Å². The topological polar surface area (TPSA) is 96.5 Å². The Morgan fingerprint density at radius 3 is 1.84 bits per heavy atom. The van der Waals surface area contributed by atoms with Crippen molar-refractivity contribution in [1.29, 1.82) is 0 Å². The normalized spacial score (nSPS) is 10.6. The van der Waals surface area contributed by atoms with E-state index in [1.54, 1.807) is 60.7 Å². The van der Waals surface area contributed by atoms with Gasteiger partial charge in [0.25, 0.3) is 11.5 Å². The van der Waals surface area contributed by atoms with Crippen molar-refractivity contribution in [2.75, 3.05) is 5.32 Å². The van der Waals surface area contributed by atoms with Gasteiger partial charge in [-0.2, -0.15) is 0 Å². The predicted octanol–water partition coefficient (Wildman–Crippen LogP) is 4.02. The second-order valence-corrected chi connectivity index (χ2v) is 6.99. The number of benzene rings is 3. The number of rotatable bonds is 4. The van der Waals surface area contributed by atoms with Crippen molar-refractivity contribution in [3.05, 3.63) is 106 Å². The average molecular weight is 431 g/mol. The van der Waals surface area contributed by atoms with Gasteiger partial charge < -0.3 is 15.5 Å². The lowest BCUT2D eigenvalue weighted by molar-refractivity contribution is 0.102. The van der Waals surface area contributed by atoms with E-state index in [2.05, 4.69) is 5.32 Å². The molecule has 3 N–H and O–H groups in total. The van der Waals surface area contributed by atoms with Gasteiger partial charge in [-0.25, -0.2) is 0 Å². The molecule has 7 nitrogen and oxygen atoms in total. The van der Waals surface area contributed by atoms with Gasteiger partial charge >= 0.3 is 0 Å². The molecule has 0 bridgehead atoms. The van der Waals surface area contributed by atoms with Gasteiger partial charge in [0.1, 0.15) is 5.75 Å². The van der Waals surface area contributed by atoms with E-state index in [0.717, 1.165) is 0 Å². The third-order valence-corrected chi connectivity index (χ3v) is 4.98. The Bertz CT molecular complexity index is 1360. The molecule has 0 unspecified atom stereocenters. The van der Waals surface area contributed by atoms with Gasteiger partial charge in [-0.15, -0.1) is 0 Å². The van der Waals surface area contributed by atoms with Crippen LogP contribution in [0, 0.1) is 4.77 Å². The number of hydrogen-bond acceptors (Lipinski definition) is 5. The van der Waals surface area contributed by atoms with E-state index in [9.17, 15) is 19.8 Å². The lowest BCUT2D eigenvalue weighted by Gasteiger charge is -2.17. The molecule has 3 aromatic carbocycles. The number of carbonyl (C=O) groups is 1. The summed E-state index contributed by atoms with van der Waals surface area (Å²) in [6, 6.07) is 23.1. The summed E-state index contributed by atoms with van der Waals surface area (Å²) in [6.07, 6.45) is 0. The van der Waals surface area contributed by atoms with Crippen LogP contribution in [0.3, 0.4) is 0 Å². The van der Waals surface area contributed by atoms with Crippen molar-refractivity contribution in [2.24, 2.45) is 0 Å². The number of aromatic nitrogens is 2. The van der Waals surface area contributed by atoms with E-state index in [4.69, 9.17) is 12.2 Å². The maximum Gasteiger partial charge on any atom is 0.275 e. The molecule has 8 heteroatoms. The summed E-state index contributed by atoms with van der Waals surface area (Å²) in [7, 11) is 0. The van der Waals surface area contributed by atoms with Gasteiger partial charge in [0, 0.05) is 5.69 Å². The highest BCUT2D eigenvalue weighted by molar-refractivity contribution is 7.71. The van der Waals surface area contributed by atoms with Crippen LogP contribution in [0.2, 0.25) is 0 Å². The van der Waals surface area contributed by atoms with Crippen molar-refractivity contribution < 1.29 is 15.0 Å². The molecule has 31 heavy (non-hydrogen) atoms. The number of hydrogen-bond donors (Lipinski definition) is 3. The van der Waals surface area contributed by atoms with Crippen LogP contribution < -0.4 is 10.9 Å². The third-order valence-electron chi connectivity index (χ3n) is 4.62. The van der Waals surface area contributed by atoms with E-state index in [1.165, 1.54) is 33.4 Å². The van der Waals surface area contributed by atoms with Crippen LogP contribution in [-0.4, -0.2) is 25.3 Å². The highest BCUT2D eigenvalue weighted by Crippen LogP contribution is 2.23. The molecule has 0 atom stereocenters. The quantitative estimate of drug-likeness (QED) is 0.335. The summed E-state index contributed by atoms with van der Waals surface area (Å²) < 4.78 is 2.49. The molecule has 0 spiro atoms. The number of nitrogens with one attached hydrogen (secondary N) is 1. The van der Waals surface area contributed by atoms with Crippen LogP contribution >= 0.6 is 12.2 Å². The molecule has 0 fully saturated rings. The van der Waals surface area contributed by atoms with Crippen LogP contribution in [-0.2, 0) is 0 Å². The fourth-order valence-electron chi connectivity index (χ4n) is 3.15. The zero-order valence-corrected chi connectivity index (χ0v) is 16.9. The number of carbonyl (C=O) groups excluding carboxylic acids is 1. The van der Waals surface area contributed by atoms with Gasteiger partial charge in [0.2, 0.25) is 5.88 Å². The number of amides is 1. The van der Waals surface area contributed by atoms with E-state index in [0.29, 0.717) is 17.1 Å². The maximum atomic E-state index is 13.3. The van der Waals surface area contributed by atoms with E-state index in [1.807, 2.05) is 0 Å². The second kappa shape index (κ2) is 8.29. The Morgan fingerprint density at radius 2 is 1.29 bits per heavy atom. The molecule has 4 rings (SSSR count). The Kier molecular flexibility index (Phi) is 5.38. The summed E-state index contributed by atoms with van der Waals surface area (Å²) in [5.41, 5.74) is 0.0855. The molecule has 1 aromatic heterocycles. The second-order valence-electron chi connectivity index (χ2n) is 6.63. The highest BCUT2D eigenvalue weighted by atomic mass is 32.1. The Morgan fingerprint density at radius 1 is 0.774 bits per heavy atom. The minimum Gasteiger partial charge on any atom is -0.508 e. The average Bonchev–Trinajstić information content (AvgIpc) is 2.77. The molecule has 0 radical (unpaired) electrons. The van der Waals surface area contributed by atoms with Crippen molar-refractivity contribution in [1.82, 2.24) is 9.13 Å². The summed E-state index contributed by atoms with van der Waals surface area (Å²) in [5, 5.41) is 23.0. The van der Waals surface area contributed by atoms with E-state index in [-0.39, 0.29) is 10.5 Å². The third kappa shape index (κ3) is 3.84. The first-order valence-electron chi connectivity index (χ1n) is 9.29. The smallest absolute Gasteiger partial charge is 0.275 e. The molecule has 0 aliphatic heterocycles. The largest absolute Gasteiger partial charge is 0.508 e. The fraction of sp³-hybridized carbons (Fsp3) is 0. The molecule has 0 saturated carbocycles. The molecule has 0 aliphatic rings. The number of nitrogens with zero attached hydrogens (tertiary/aromatic N) is 2. The first kappa shape index (κ1) is 20.1. The van der Waals surface area contributed by atoms with Crippen LogP contribution in [0.25, 0.3) is 11.4 Å². The standard InChI is InChI=1S/C23H17N3O4S/c27-18-13-11-15(12-14-18)24-20(28)19-21(29)25(16-7-3-1-4-8-16)23(31)26(22(19)30)17-9-5-2-6-10-17/h1-14,27,29H,(H,24,28). The number of anilines is 1. The molecule has 1 amide bonds. The maximum absolute atomic E-state index is 13.3. The van der Waals surface area contributed by atoms with Crippen LogP contribution in [0.5, 0.6) is 11.6 Å². The Balaban J connectivity index is 1.96. The number of para-hydroxylation sites is 2. The Labute approximate surface area is 182 Å². The molecular weight excluding hydrogens is 414 g/mol. The zero-order valence-electron chi connectivity index (χ0n) is 16.1. The SMILES string of the molecule is O=C(Nc1ccc(O)cc1)c1c(O)n(-c2ccccc2)c(=S)n(-c2ccccc2)c1=O. The highest BCUT2D eigenvalue weighted by Gasteiger charge is 2.24. The van der Waals surface area contributed by atoms with Crippen molar-refractivity contribution in [2.45, 2.75) is 0 Å². The van der Waals surface area contributed by atoms with Gasteiger partial charge in [-0.3, -0.25) is 18.7 Å². The van der Waals surface area contributed by atoms with Crippen LogP contribution in [0.4, 0.5) is 5.69 Å². The predicted molar refractivity (Wildman–Crippen MR) is 120 cm³/mol. The van der Waals surface area contributed by atoms with Crippen molar-refractivity contribution >= 4 is 23.8 Å². The number of phenolic OH excluding ortho intramolecular Hbond substituents is 1. The monoisotopic (exact) mass is 431 g/mol. The lowest BCUT2D eigenvalue weighted by atomic mass is 10.2. The first-order chi connectivity index (χ1) is 15.0. The van der Waals surface area contributed by atoms with Crippen LogP contribution in [0.1, 0.15) is 10.4 Å². The number of phenols is 1. The molecular formula is C23H17N3O4S. The first-order valence-corrected chi connectivity index (χ1v) is 9.70. The zero-order chi connectivity index (χ0) is 22.0. The molecule has 0 saturated heterocycles. The van der Waals surface area contributed by atoms with E-state index >= 15 is 0 Å². The summed E-state index contributed by atoms with van der Waals surface area (Å²) in [5.74, 6) is -1.34. The van der Waals surface area contributed by atoms with Gasteiger partial charge in [-0.1, -0.05) is 36.4 Å². The summed E-state index contributed by atoms with van der Waals surface area (Å²) >= 11 is 5.53. The van der Waals surface area contributed by atoms with Crippen molar-refractivity contribution in [3.8, 4) is 23.0 Å². The fourth-order valence-corrected chi connectivity index (χ4v) is 3.53. The van der Waals surface area contributed by atoms with Gasteiger partial charge in [0.15, 0.2) is 10.3 Å².